The van der Waals surface area contributed by atoms with E-state index in [1.807, 2.05) is 0 Å². The fraction of sp³-hybridized carbons (Fsp3) is 1.00. The van der Waals surface area contributed by atoms with E-state index in [0.717, 1.165) is 0 Å². The topological polar surface area (TPSA) is 86.6 Å². The van der Waals surface area contributed by atoms with Crippen LogP contribution in [-0.4, -0.2) is 46.9 Å². The van der Waals surface area contributed by atoms with Gasteiger partial charge in [0.25, 0.3) is 0 Å². The summed E-state index contributed by atoms with van der Waals surface area (Å²) in [6.45, 7) is -2.00. The maximum atomic E-state index is 8.49. The van der Waals surface area contributed by atoms with Crippen LogP contribution < -0.4 is 10.2 Å². The van der Waals surface area contributed by atoms with Crippen LogP contribution in [0.2, 0.25) is 0 Å². The number of hydrogen-bond acceptors (Lipinski definition) is 4. The average molecular weight is 118 g/mol. The largest absolute Gasteiger partial charge is 2.00 e. The zero-order valence-corrected chi connectivity index (χ0v) is 5.25. The van der Waals surface area contributed by atoms with Gasteiger partial charge in [-0.2, -0.15) is 0 Å². The first-order valence-electron chi connectivity index (χ1n) is 1.21. The van der Waals surface area contributed by atoms with Gasteiger partial charge in [-0.05, 0) is 13.6 Å². The van der Waals surface area contributed by atoms with E-state index < -0.39 is 13.6 Å². The summed E-state index contributed by atoms with van der Waals surface area (Å²) in [6.07, 6.45) is 0. The molecule has 0 aliphatic rings. The van der Waals surface area contributed by atoms with E-state index in [9.17, 15) is 0 Å². The number of aliphatic hydroxyl groups excluding tert-OH is 2. The van der Waals surface area contributed by atoms with E-state index in [2.05, 4.69) is 0 Å². The first-order chi connectivity index (χ1) is 2.83. The van der Waals surface area contributed by atoms with Crippen molar-refractivity contribution in [2.24, 2.45) is 0 Å². The summed E-state index contributed by atoms with van der Waals surface area (Å²) >= 11 is 0. The first-order valence-corrected chi connectivity index (χ1v) is 1.21. The fourth-order valence-electron chi connectivity index (χ4n) is 0. The van der Waals surface area contributed by atoms with E-state index in [4.69, 9.17) is 20.4 Å². The van der Waals surface area contributed by atoms with Crippen molar-refractivity contribution in [3.63, 3.8) is 0 Å². The molecule has 5 heteroatoms. The maximum Gasteiger partial charge on any atom is 2.00 e. The van der Waals surface area contributed by atoms with E-state index in [-0.39, 0.29) is 23.1 Å². The molecule has 0 spiro atoms. The Kier molecular flexibility index (Phi) is 68.3. The molecular formula is C2H6MgO4. The van der Waals surface area contributed by atoms with Crippen LogP contribution in [0.15, 0.2) is 0 Å². The molecule has 0 radical (unpaired) electrons. The summed E-state index contributed by atoms with van der Waals surface area (Å²) in [5, 5.41) is 31.0. The van der Waals surface area contributed by atoms with Gasteiger partial charge in [0.1, 0.15) is 0 Å². The molecule has 0 saturated heterocycles. The van der Waals surface area contributed by atoms with Gasteiger partial charge in [0.2, 0.25) is 0 Å². The monoisotopic (exact) mass is 118 g/mol. The van der Waals surface area contributed by atoms with Crippen LogP contribution in [-0.2, 0) is 0 Å². The molecule has 4 nitrogen and oxygen atoms in total. The van der Waals surface area contributed by atoms with Gasteiger partial charge >= 0.3 is 23.1 Å². The van der Waals surface area contributed by atoms with Gasteiger partial charge < -0.3 is 20.4 Å². The van der Waals surface area contributed by atoms with Crippen molar-refractivity contribution in [3.05, 3.63) is 0 Å². The first kappa shape index (κ1) is 15.6. The van der Waals surface area contributed by atoms with E-state index in [0.29, 0.717) is 0 Å². The molecule has 0 aromatic heterocycles. The Labute approximate surface area is 57.6 Å². The van der Waals surface area contributed by atoms with Crippen LogP contribution in [0.4, 0.5) is 0 Å². The molecule has 0 rings (SSSR count). The second-order valence-electron chi connectivity index (χ2n) is 0.258. The number of hydrogen-bond donors (Lipinski definition) is 2. The van der Waals surface area contributed by atoms with Crippen LogP contribution in [0.25, 0.3) is 0 Å². The SMILES string of the molecule is [Mg+2].[O-]CO.[O-]CO. The molecule has 0 fully saturated rings. The van der Waals surface area contributed by atoms with Gasteiger partial charge in [-0.1, -0.05) is 0 Å². The van der Waals surface area contributed by atoms with E-state index >= 15 is 0 Å². The minimum absolute atomic E-state index is 0. The van der Waals surface area contributed by atoms with Gasteiger partial charge in [-0.25, -0.2) is 0 Å². The molecule has 0 amide bonds. The Morgan fingerprint density at radius 3 is 1.00 bits per heavy atom. The third kappa shape index (κ3) is 381. The summed E-state index contributed by atoms with van der Waals surface area (Å²) in [5.41, 5.74) is 0. The Morgan fingerprint density at radius 1 is 1.00 bits per heavy atom. The summed E-state index contributed by atoms with van der Waals surface area (Å²) in [5.74, 6) is 0. The molecular weight excluding hydrogens is 112 g/mol. The number of rotatable bonds is 0. The molecule has 0 aliphatic heterocycles. The van der Waals surface area contributed by atoms with Crippen molar-refractivity contribution in [2.45, 2.75) is 0 Å². The van der Waals surface area contributed by atoms with Crippen molar-refractivity contribution in [1.82, 2.24) is 0 Å². The standard InChI is InChI=1S/2CH3O2.Mg/c2*2-1-3;/h2*2H,1H2;/q2*-1;+2. The predicted molar refractivity (Wildman–Crippen MR) is 19.9 cm³/mol. The predicted octanol–water partition coefficient (Wildman–Crippen LogP) is -3.79. The van der Waals surface area contributed by atoms with E-state index in [1.165, 1.54) is 0 Å². The molecule has 0 bridgehead atoms. The van der Waals surface area contributed by atoms with Crippen molar-refractivity contribution >= 4 is 23.1 Å². The maximum absolute atomic E-state index is 8.49. The average Bonchev–Trinajstić information content (AvgIpc) is 1.39. The fourth-order valence-corrected chi connectivity index (χ4v) is 0. The minimum Gasteiger partial charge on any atom is -0.834 e. The third-order valence-corrected chi connectivity index (χ3v) is 0. The van der Waals surface area contributed by atoms with E-state index in [1.54, 1.807) is 0 Å². The summed E-state index contributed by atoms with van der Waals surface area (Å²) < 4.78 is 0. The van der Waals surface area contributed by atoms with Crippen molar-refractivity contribution in [3.8, 4) is 0 Å². The van der Waals surface area contributed by atoms with Gasteiger partial charge in [-0.15, -0.1) is 0 Å². The molecule has 0 unspecified atom stereocenters. The second-order valence-corrected chi connectivity index (χ2v) is 0.258. The van der Waals surface area contributed by atoms with Gasteiger partial charge in [0.15, 0.2) is 0 Å². The van der Waals surface area contributed by atoms with Crippen molar-refractivity contribution < 1.29 is 20.4 Å². The van der Waals surface area contributed by atoms with Crippen LogP contribution in [0.1, 0.15) is 0 Å². The zero-order valence-electron chi connectivity index (χ0n) is 3.83. The van der Waals surface area contributed by atoms with Crippen LogP contribution in [0.5, 0.6) is 0 Å². The zero-order chi connectivity index (χ0) is 5.41. The molecule has 0 heterocycles. The normalized spacial score (nSPS) is 5.14. The van der Waals surface area contributed by atoms with Gasteiger partial charge in [-0.3, -0.25) is 0 Å². The summed E-state index contributed by atoms with van der Waals surface area (Å²) in [4.78, 5) is 0. The third-order valence-electron chi connectivity index (χ3n) is 0. The minimum atomic E-state index is -1.00. The second kappa shape index (κ2) is 30.6. The Bertz CT molecular complexity index is 11.7. The summed E-state index contributed by atoms with van der Waals surface area (Å²) in [6, 6.07) is 0. The summed E-state index contributed by atoms with van der Waals surface area (Å²) in [7, 11) is 0. The molecule has 40 valence electrons. The molecule has 0 atom stereocenters. The van der Waals surface area contributed by atoms with Crippen molar-refractivity contribution in [1.29, 1.82) is 0 Å². The number of aliphatic hydroxyl groups is 2. The van der Waals surface area contributed by atoms with Gasteiger partial charge in [0.05, 0.1) is 0 Å². The Morgan fingerprint density at radius 2 is 1.00 bits per heavy atom. The van der Waals surface area contributed by atoms with Crippen LogP contribution >= 0.6 is 0 Å². The van der Waals surface area contributed by atoms with Gasteiger partial charge in [0, 0.05) is 0 Å². The Balaban J connectivity index is -0.0000000400. The quantitative estimate of drug-likeness (QED) is 0.252. The molecule has 2 N–H and O–H groups in total. The molecule has 0 saturated carbocycles. The molecule has 0 aromatic carbocycles. The molecule has 0 aromatic rings. The Hall–Kier alpha value is 0.606. The smallest absolute Gasteiger partial charge is 0.834 e. The van der Waals surface area contributed by atoms with Crippen molar-refractivity contribution in [2.75, 3.05) is 13.6 Å². The molecule has 7 heavy (non-hydrogen) atoms. The van der Waals surface area contributed by atoms with Crippen LogP contribution in [0.3, 0.4) is 0 Å². The van der Waals surface area contributed by atoms with Crippen LogP contribution in [0, 0.1) is 0 Å². The molecule has 0 aliphatic carbocycles.